The summed E-state index contributed by atoms with van der Waals surface area (Å²) >= 11 is 0. The molecule has 0 atom stereocenters. The predicted octanol–water partition coefficient (Wildman–Crippen LogP) is 2.50. The summed E-state index contributed by atoms with van der Waals surface area (Å²) in [7, 11) is 0. The summed E-state index contributed by atoms with van der Waals surface area (Å²) in [6, 6.07) is 8.33. The first kappa shape index (κ1) is 12.1. The van der Waals surface area contributed by atoms with Gasteiger partial charge < -0.3 is 5.11 Å². The van der Waals surface area contributed by atoms with Crippen LogP contribution in [0.3, 0.4) is 0 Å². The first-order valence-corrected chi connectivity index (χ1v) is 5.74. The Morgan fingerprint density at radius 2 is 2.17 bits per heavy atom. The molecule has 2 rings (SSSR count). The molecule has 4 nitrogen and oxygen atoms in total. The van der Waals surface area contributed by atoms with Gasteiger partial charge in [-0.2, -0.15) is 5.10 Å². The number of phenolic OH excluding ortho intramolecular Hbond substituents is 1. The number of allylic oxidation sites excluding steroid dienone is 1. The van der Waals surface area contributed by atoms with Crippen molar-refractivity contribution in [1.82, 2.24) is 9.78 Å². The van der Waals surface area contributed by atoms with E-state index >= 15 is 0 Å². The lowest BCUT2D eigenvalue weighted by Crippen LogP contribution is -1.99. The minimum atomic E-state index is -0.225. The van der Waals surface area contributed by atoms with Crippen LogP contribution >= 0.6 is 0 Å². The van der Waals surface area contributed by atoms with Crippen LogP contribution in [0.2, 0.25) is 0 Å². The van der Waals surface area contributed by atoms with Gasteiger partial charge in [0.25, 0.3) is 0 Å². The summed E-state index contributed by atoms with van der Waals surface area (Å²) in [6.45, 7) is 2.73. The molecule has 18 heavy (non-hydrogen) atoms. The Morgan fingerprint density at radius 1 is 1.39 bits per heavy atom. The molecular formula is C14H14N2O2. The van der Waals surface area contributed by atoms with E-state index in [1.807, 2.05) is 13.0 Å². The summed E-state index contributed by atoms with van der Waals surface area (Å²) in [5, 5.41) is 13.7. The van der Waals surface area contributed by atoms with Gasteiger partial charge >= 0.3 is 0 Å². The second kappa shape index (κ2) is 5.31. The van der Waals surface area contributed by atoms with E-state index in [0.29, 0.717) is 5.56 Å². The highest BCUT2D eigenvalue weighted by Gasteiger charge is 2.06. The highest BCUT2D eigenvalue weighted by atomic mass is 16.3. The molecule has 1 aromatic carbocycles. The highest BCUT2D eigenvalue weighted by molar-refractivity contribution is 6.08. The number of carbonyl (C=O) groups excluding carboxylic acids is 1. The monoisotopic (exact) mass is 242 g/mol. The molecule has 4 heteroatoms. The molecule has 1 heterocycles. The van der Waals surface area contributed by atoms with E-state index in [1.165, 1.54) is 12.1 Å². The fraction of sp³-hybridized carbons (Fsp3) is 0.143. The van der Waals surface area contributed by atoms with Crippen LogP contribution in [0.1, 0.15) is 23.0 Å². The van der Waals surface area contributed by atoms with Gasteiger partial charge in [-0.1, -0.05) is 12.1 Å². The maximum atomic E-state index is 11.9. The van der Waals surface area contributed by atoms with Gasteiger partial charge in [0.15, 0.2) is 5.78 Å². The van der Waals surface area contributed by atoms with Gasteiger partial charge in [-0.05, 0) is 37.3 Å². The maximum Gasteiger partial charge on any atom is 0.189 e. The topological polar surface area (TPSA) is 55.1 Å². The molecule has 1 N–H and O–H groups in total. The number of aryl methyl sites for hydroxylation is 1. The van der Waals surface area contributed by atoms with Crippen LogP contribution in [0.4, 0.5) is 0 Å². The fourth-order valence-electron chi connectivity index (χ4n) is 1.68. The Morgan fingerprint density at radius 3 is 2.89 bits per heavy atom. The fourth-order valence-corrected chi connectivity index (χ4v) is 1.68. The second-order valence-corrected chi connectivity index (χ2v) is 3.79. The quantitative estimate of drug-likeness (QED) is 0.662. The number of nitrogens with zero attached hydrogens (tertiary/aromatic N) is 2. The average Bonchev–Trinajstić information content (AvgIpc) is 2.84. The number of para-hydroxylation sites is 1. The molecule has 92 valence electrons. The molecular weight excluding hydrogens is 228 g/mol. The first-order chi connectivity index (χ1) is 8.72. The lowest BCUT2D eigenvalue weighted by Gasteiger charge is -2.00. The largest absolute Gasteiger partial charge is 0.507 e. The first-order valence-electron chi connectivity index (χ1n) is 5.74. The molecule has 0 spiro atoms. The molecule has 0 radical (unpaired) electrons. The number of rotatable bonds is 4. The SMILES string of the molecule is CCn1nccc1C=CC(=O)c1ccccc1O. The van der Waals surface area contributed by atoms with E-state index in [-0.39, 0.29) is 11.5 Å². The van der Waals surface area contributed by atoms with E-state index in [4.69, 9.17) is 0 Å². The number of aromatic hydroxyl groups is 1. The molecule has 0 unspecified atom stereocenters. The van der Waals surface area contributed by atoms with Crippen LogP contribution in [0.5, 0.6) is 5.75 Å². The van der Waals surface area contributed by atoms with Crippen molar-refractivity contribution in [3.05, 3.63) is 53.9 Å². The van der Waals surface area contributed by atoms with E-state index in [2.05, 4.69) is 5.10 Å². The van der Waals surface area contributed by atoms with Gasteiger partial charge in [-0.25, -0.2) is 0 Å². The Labute approximate surface area is 105 Å². The Balaban J connectivity index is 2.20. The van der Waals surface area contributed by atoms with Crippen molar-refractivity contribution < 1.29 is 9.90 Å². The zero-order valence-corrected chi connectivity index (χ0v) is 10.1. The average molecular weight is 242 g/mol. The number of carbonyl (C=O) groups is 1. The van der Waals surface area contributed by atoms with Crippen LogP contribution in [0, 0.1) is 0 Å². The third-order valence-corrected chi connectivity index (χ3v) is 2.62. The molecule has 0 fully saturated rings. The van der Waals surface area contributed by atoms with Crippen molar-refractivity contribution >= 4 is 11.9 Å². The molecule has 0 bridgehead atoms. The summed E-state index contributed by atoms with van der Waals surface area (Å²) in [5.41, 5.74) is 1.16. The van der Waals surface area contributed by atoms with Gasteiger partial charge in [-0.3, -0.25) is 9.48 Å². The predicted molar refractivity (Wildman–Crippen MR) is 69.4 cm³/mol. The molecule has 0 saturated carbocycles. The standard InChI is InChI=1S/C14H14N2O2/c1-2-16-11(9-10-15-16)7-8-14(18)12-5-3-4-6-13(12)17/h3-10,17H,2H2,1H3. The smallest absolute Gasteiger partial charge is 0.189 e. The molecule has 2 aromatic rings. The summed E-state index contributed by atoms with van der Waals surface area (Å²) in [6.07, 6.45) is 4.83. The molecule has 0 aliphatic heterocycles. The van der Waals surface area contributed by atoms with Crippen molar-refractivity contribution in [2.24, 2.45) is 0 Å². The summed E-state index contributed by atoms with van der Waals surface area (Å²) in [4.78, 5) is 11.9. The Kier molecular flexibility index (Phi) is 3.57. The van der Waals surface area contributed by atoms with Gasteiger partial charge in [-0.15, -0.1) is 0 Å². The maximum absolute atomic E-state index is 11.9. The van der Waals surface area contributed by atoms with Gasteiger partial charge in [0.1, 0.15) is 5.75 Å². The molecule has 0 amide bonds. The van der Waals surface area contributed by atoms with Crippen LogP contribution < -0.4 is 0 Å². The van der Waals surface area contributed by atoms with Crippen LogP contribution in [0.15, 0.2) is 42.6 Å². The van der Waals surface area contributed by atoms with Crippen molar-refractivity contribution in [3.8, 4) is 5.75 Å². The molecule has 0 saturated heterocycles. The van der Waals surface area contributed by atoms with Gasteiger partial charge in [0.05, 0.1) is 11.3 Å². The van der Waals surface area contributed by atoms with Crippen LogP contribution in [-0.2, 0) is 6.54 Å². The summed E-state index contributed by atoms with van der Waals surface area (Å²) < 4.78 is 1.79. The number of aromatic nitrogens is 2. The third-order valence-electron chi connectivity index (χ3n) is 2.62. The van der Waals surface area contributed by atoms with Crippen molar-refractivity contribution in [2.45, 2.75) is 13.5 Å². The van der Waals surface area contributed by atoms with E-state index in [9.17, 15) is 9.90 Å². The van der Waals surface area contributed by atoms with E-state index < -0.39 is 0 Å². The number of hydrogen-bond donors (Lipinski definition) is 1. The molecule has 1 aromatic heterocycles. The zero-order valence-electron chi connectivity index (χ0n) is 10.1. The highest BCUT2D eigenvalue weighted by Crippen LogP contribution is 2.17. The van der Waals surface area contributed by atoms with E-state index in [0.717, 1.165) is 12.2 Å². The number of hydrogen-bond acceptors (Lipinski definition) is 3. The Hall–Kier alpha value is -2.36. The minimum absolute atomic E-state index is 0.00357. The van der Waals surface area contributed by atoms with E-state index in [1.54, 1.807) is 35.2 Å². The van der Waals surface area contributed by atoms with Crippen LogP contribution in [-0.4, -0.2) is 20.7 Å². The normalized spacial score (nSPS) is 10.9. The lowest BCUT2D eigenvalue weighted by atomic mass is 10.1. The second-order valence-electron chi connectivity index (χ2n) is 3.79. The van der Waals surface area contributed by atoms with Crippen molar-refractivity contribution in [3.63, 3.8) is 0 Å². The van der Waals surface area contributed by atoms with Gasteiger partial charge in [0.2, 0.25) is 0 Å². The third kappa shape index (κ3) is 2.48. The number of ketones is 1. The Bertz CT molecular complexity index is 585. The number of phenols is 1. The minimum Gasteiger partial charge on any atom is -0.507 e. The van der Waals surface area contributed by atoms with Crippen molar-refractivity contribution in [1.29, 1.82) is 0 Å². The lowest BCUT2D eigenvalue weighted by molar-refractivity contribution is 0.104. The van der Waals surface area contributed by atoms with Gasteiger partial charge in [0, 0.05) is 12.7 Å². The summed E-state index contributed by atoms with van der Waals surface area (Å²) in [5.74, 6) is -0.229. The zero-order chi connectivity index (χ0) is 13.0. The molecule has 0 aliphatic rings. The van der Waals surface area contributed by atoms with Crippen molar-refractivity contribution in [2.75, 3.05) is 0 Å². The number of benzene rings is 1. The molecule has 0 aliphatic carbocycles. The van der Waals surface area contributed by atoms with Crippen LogP contribution in [0.25, 0.3) is 6.08 Å².